The van der Waals surface area contributed by atoms with Gasteiger partial charge >= 0.3 is 6.18 Å². The van der Waals surface area contributed by atoms with E-state index in [1.807, 2.05) is 0 Å². The smallest absolute Gasteiger partial charge is 0.406 e. The molecule has 0 saturated heterocycles. The molecule has 2 heterocycles. The molecule has 2 aromatic rings. The number of halogens is 3. The van der Waals surface area contributed by atoms with Crippen LogP contribution in [0.25, 0.3) is 0 Å². The molecule has 0 aliphatic carbocycles. The van der Waals surface area contributed by atoms with Gasteiger partial charge in [-0.3, -0.25) is 4.79 Å². The fourth-order valence-corrected chi connectivity index (χ4v) is 2.31. The van der Waals surface area contributed by atoms with Crippen molar-refractivity contribution >= 4 is 5.69 Å². The lowest BCUT2D eigenvalue weighted by Gasteiger charge is -2.12. The van der Waals surface area contributed by atoms with E-state index in [1.54, 1.807) is 18.2 Å². The number of hydrogen-bond donors (Lipinski definition) is 1. The van der Waals surface area contributed by atoms with E-state index in [9.17, 15) is 18.0 Å². The topological polar surface area (TPSA) is 52.5 Å². The third-order valence-corrected chi connectivity index (χ3v) is 3.32. The number of aromatic nitrogens is 1. The number of rotatable bonds is 4. The van der Waals surface area contributed by atoms with Gasteiger partial charge in [0.25, 0.3) is 5.56 Å². The molecule has 1 aliphatic rings. The van der Waals surface area contributed by atoms with Crippen LogP contribution in [-0.4, -0.2) is 17.5 Å². The second-order valence-corrected chi connectivity index (χ2v) is 4.97. The number of nitrogens with zero attached hydrogens (tertiary/aromatic N) is 1. The number of nitrogens with one attached hydrogen (secondary N) is 1. The first-order valence-electron chi connectivity index (χ1n) is 6.81. The van der Waals surface area contributed by atoms with Crippen LogP contribution in [0.5, 0.6) is 11.5 Å². The van der Waals surface area contributed by atoms with E-state index < -0.39 is 18.3 Å². The Balaban J connectivity index is 1.78. The van der Waals surface area contributed by atoms with Crippen LogP contribution in [0.2, 0.25) is 0 Å². The first-order chi connectivity index (χ1) is 10.9. The molecule has 0 radical (unpaired) electrons. The van der Waals surface area contributed by atoms with Crippen LogP contribution in [0.4, 0.5) is 18.9 Å². The Hall–Kier alpha value is -2.64. The van der Waals surface area contributed by atoms with Gasteiger partial charge in [-0.25, -0.2) is 0 Å². The Bertz CT molecular complexity index is 771. The molecule has 5 nitrogen and oxygen atoms in total. The molecule has 0 unspecified atom stereocenters. The van der Waals surface area contributed by atoms with E-state index in [4.69, 9.17) is 9.47 Å². The zero-order valence-corrected chi connectivity index (χ0v) is 11.9. The maximum atomic E-state index is 12.4. The molecule has 1 aromatic carbocycles. The number of para-hydroxylation sites is 1. The minimum atomic E-state index is -4.45. The molecule has 0 atom stereocenters. The number of fused-ring (bicyclic) bond motifs is 1. The van der Waals surface area contributed by atoms with Gasteiger partial charge in [0.2, 0.25) is 6.79 Å². The van der Waals surface area contributed by atoms with Gasteiger partial charge in [-0.2, -0.15) is 13.2 Å². The first kappa shape index (κ1) is 15.3. The highest BCUT2D eigenvalue weighted by Gasteiger charge is 2.28. The normalized spacial score (nSPS) is 13.2. The summed E-state index contributed by atoms with van der Waals surface area (Å²) >= 11 is 0. The highest BCUT2D eigenvalue weighted by molar-refractivity contribution is 5.50. The maximum Gasteiger partial charge on any atom is 0.406 e. The number of anilines is 1. The van der Waals surface area contributed by atoms with Gasteiger partial charge in [-0.15, -0.1) is 0 Å². The van der Waals surface area contributed by atoms with Crippen molar-refractivity contribution in [3.8, 4) is 11.5 Å². The van der Waals surface area contributed by atoms with Crippen LogP contribution < -0.4 is 20.3 Å². The second kappa shape index (κ2) is 5.86. The van der Waals surface area contributed by atoms with E-state index in [0.717, 1.165) is 11.8 Å². The largest absolute Gasteiger partial charge is 0.454 e. The van der Waals surface area contributed by atoms with Crippen molar-refractivity contribution in [2.75, 3.05) is 12.1 Å². The molecular formula is C15H13F3N2O3. The molecule has 3 rings (SSSR count). The summed E-state index contributed by atoms with van der Waals surface area (Å²) in [6, 6.07) is 8.15. The molecule has 1 N–H and O–H groups in total. The quantitative estimate of drug-likeness (QED) is 0.939. The Labute approximate surface area is 129 Å². The lowest BCUT2D eigenvalue weighted by atomic mass is 10.2. The SMILES string of the molecule is O=c1c(NCc2cccc3c2OCO3)cccn1CC(F)(F)F. The van der Waals surface area contributed by atoms with Gasteiger partial charge < -0.3 is 19.4 Å². The zero-order chi connectivity index (χ0) is 16.4. The summed E-state index contributed by atoms with van der Waals surface area (Å²) in [5, 5.41) is 2.85. The van der Waals surface area contributed by atoms with Crippen LogP contribution in [-0.2, 0) is 13.1 Å². The summed E-state index contributed by atoms with van der Waals surface area (Å²) in [5.41, 5.74) is 0.119. The summed E-state index contributed by atoms with van der Waals surface area (Å²) in [5.74, 6) is 1.18. The molecule has 0 amide bonds. The summed E-state index contributed by atoms with van der Waals surface area (Å²) < 4.78 is 48.5. The van der Waals surface area contributed by atoms with Crippen molar-refractivity contribution < 1.29 is 22.6 Å². The predicted octanol–water partition coefficient (Wildman–Crippen LogP) is 2.75. The number of ether oxygens (including phenoxy) is 2. The monoisotopic (exact) mass is 326 g/mol. The van der Waals surface area contributed by atoms with Gasteiger partial charge in [0.05, 0.1) is 0 Å². The van der Waals surface area contributed by atoms with Crippen LogP contribution in [0, 0.1) is 0 Å². The molecular weight excluding hydrogens is 313 g/mol. The molecule has 1 aliphatic heterocycles. The third-order valence-electron chi connectivity index (χ3n) is 3.32. The average molecular weight is 326 g/mol. The number of alkyl halides is 3. The van der Waals surface area contributed by atoms with E-state index >= 15 is 0 Å². The fourth-order valence-electron chi connectivity index (χ4n) is 2.31. The van der Waals surface area contributed by atoms with Crippen LogP contribution in [0.3, 0.4) is 0 Å². The fraction of sp³-hybridized carbons (Fsp3) is 0.267. The summed E-state index contributed by atoms with van der Waals surface area (Å²) in [4.78, 5) is 12.0. The van der Waals surface area contributed by atoms with Crippen LogP contribution >= 0.6 is 0 Å². The molecule has 0 bridgehead atoms. The van der Waals surface area contributed by atoms with Gasteiger partial charge in [0, 0.05) is 18.3 Å². The van der Waals surface area contributed by atoms with Crippen molar-refractivity contribution in [2.24, 2.45) is 0 Å². The van der Waals surface area contributed by atoms with E-state index in [1.165, 1.54) is 12.1 Å². The minimum Gasteiger partial charge on any atom is -0.454 e. The Morgan fingerprint density at radius 1 is 1.17 bits per heavy atom. The van der Waals surface area contributed by atoms with Crippen molar-refractivity contribution in [3.05, 3.63) is 52.4 Å². The highest BCUT2D eigenvalue weighted by Crippen LogP contribution is 2.35. The summed E-state index contributed by atoms with van der Waals surface area (Å²) in [6.07, 6.45) is -3.34. The van der Waals surface area contributed by atoms with Gasteiger partial charge in [-0.05, 0) is 18.2 Å². The van der Waals surface area contributed by atoms with E-state index in [2.05, 4.69) is 5.32 Å². The number of pyridine rings is 1. The Kier molecular flexibility index (Phi) is 3.89. The maximum absolute atomic E-state index is 12.4. The zero-order valence-electron chi connectivity index (χ0n) is 11.9. The van der Waals surface area contributed by atoms with Crippen LogP contribution in [0.1, 0.15) is 5.56 Å². The van der Waals surface area contributed by atoms with E-state index in [0.29, 0.717) is 16.1 Å². The molecule has 0 saturated carbocycles. The van der Waals surface area contributed by atoms with Gasteiger partial charge in [0.15, 0.2) is 11.5 Å². The summed E-state index contributed by atoms with van der Waals surface area (Å²) in [6.45, 7) is -0.965. The molecule has 1 aromatic heterocycles. The molecule has 23 heavy (non-hydrogen) atoms. The molecule has 0 fully saturated rings. The van der Waals surface area contributed by atoms with Crippen molar-refractivity contribution in [3.63, 3.8) is 0 Å². The second-order valence-electron chi connectivity index (χ2n) is 4.97. The first-order valence-corrected chi connectivity index (χ1v) is 6.81. The molecule has 0 spiro atoms. The minimum absolute atomic E-state index is 0.0910. The summed E-state index contributed by atoms with van der Waals surface area (Å²) in [7, 11) is 0. The van der Waals surface area contributed by atoms with E-state index in [-0.39, 0.29) is 19.0 Å². The Morgan fingerprint density at radius 3 is 2.78 bits per heavy atom. The number of hydrogen-bond acceptors (Lipinski definition) is 4. The van der Waals surface area contributed by atoms with Crippen molar-refractivity contribution in [1.82, 2.24) is 4.57 Å². The average Bonchev–Trinajstić information content (AvgIpc) is 2.96. The Morgan fingerprint density at radius 2 is 2.00 bits per heavy atom. The highest BCUT2D eigenvalue weighted by atomic mass is 19.4. The van der Waals surface area contributed by atoms with Crippen molar-refractivity contribution in [1.29, 1.82) is 0 Å². The lowest BCUT2D eigenvalue weighted by Crippen LogP contribution is -2.29. The van der Waals surface area contributed by atoms with Crippen LogP contribution in [0.15, 0.2) is 41.3 Å². The number of benzene rings is 1. The van der Waals surface area contributed by atoms with Crippen molar-refractivity contribution in [2.45, 2.75) is 19.3 Å². The molecule has 8 heteroatoms. The standard InChI is InChI=1S/C15H13F3N2O3/c16-15(17,18)8-20-6-2-4-11(14(20)21)19-7-10-3-1-5-12-13(10)23-9-22-12/h1-6,19H,7-9H2. The predicted molar refractivity (Wildman–Crippen MR) is 76.6 cm³/mol. The van der Waals surface area contributed by atoms with Gasteiger partial charge in [0.1, 0.15) is 12.2 Å². The third kappa shape index (κ3) is 3.41. The molecule has 122 valence electrons. The van der Waals surface area contributed by atoms with Gasteiger partial charge in [-0.1, -0.05) is 12.1 Å². The lowest BCUT2D eigenvalue weighted by molar-refractivity contribution is -0.141.